The van der Waals surface area contributed by atoms with Crippen molar-refractivity contribution in [3.63, 3.8) is 0 Å². The third kappa shape index (κ3) is 3.87. The Morgan fingerprint density at radius 3 is 2.37 bits per heavy atom. The zero-order valence-electron chi connectivity index (χ0n) is 14.8. The molecule has 0 saturated carbocycles. The Morgan fingerprint density at radius 2 is 1.74 bits per heavy atom. The first-order chi connectivity index (χ1) is 13.0. The van der Waals surface area contributed by atoms with Crippen LogP contribution in [0.2, 0.25) is 5.02 Å². The number of dihydropyridines is 1. The van der Waals surface area contributed by atoms with Crippen LogP contribution in [-0.2, 0) is 6.42 Å². The number of benzene rings is 2. The molecule has 1 aliphatic rings. The molecule has 0 aliphatic carbocycles. The number of halogens is 2. The first kappa shape index (κ1) is 18.7. The predicted molar refractivity (Wildman–Crippen MR) is 103 cm³/mol. The number of rotatable bonds is 4. The standard InChI is InChI=1S/C22H17ClFN3/c1-14-18(12-25)22(17-9-8-16(24)11-20(17)23)19(13-26)21(27-14)10-7-15-5-3-2-4-6-15/h2-6,8-9,11,22,27H,7,10H2,1H3. The van der Waals surface area contributed by atoms with Gasteiger partial charge in [0.15, 0.2) is 0 Å². The molecule has 0 fully saturated rings. The molecule has 5 heteroatoms. The van der Waals surface area contributed by atoms with Gasteiger partial charge in [0.2, 0.25) is 0 Å². The van der Waals surface area contributed by atoms with E-state index in [1.807, 2.05) is 30.3 Å². The summed E-state index contributed by atoms with van der Waals surface area (Å²) in [5.74, 6) is -1.05. The summed E-state index contributed by atoms with van der Waals surface area (Å²) in [7, 11) is 0. The summed E-state index contributed by atoms with van der Waals surface area (Å²) in [6, 6.07) is 18.5. The molecule has 0 saturated heterocycles. The lowest BCUT2D eigenvalue weighted by molar-refractivity contribution is 0.626. The average molecular weight is 378 g/mol. The van der Waals surface area contributed by atoms with Crippen molar-refractivity contribution < 1.29 is 4.39 Å². The number of hydrogen-bond donors (Lipinski definition) is 1. The van der Waals surface area contributed by atoms with Crippen LogP contribution in [0.15, 0.2) is 71.1 Å². The average Bonchev–Trinajstić information content (AvgIpc) is 2.67. The van der Waals surface area contributed by atoms with Crippen LogP contribution in [0.5, 0.6) is 0 Å². The van der Waals surface area contributed by atoms with Gasteiger partial charge in [-0.3, -0.25) is 0 Å². The van der Waals surface area contributed by atoms with Gasteiger partial charge in [0.05, 0.1) is 29.2 Å². The van der Waals surface area contributed by atoms with E-state index in [-0.39, 0.29) is 5.02 Å². The SMILES string of the molecule is CC1=C(C#N)C(c2ccc(F)cc2Cl)C(C#N)=C(CCc2ccccc2)N1. The van der Waals surface area contributed by atoms with Gasteiger partial charge < -0.3 is 5.32 Å². The number of nitrogens with one attached hydrogen (secondary N) is 1. The van der Waals surface area contributed by atoms with E-state index in [1.54, 1.807) is 13.0 Å². The highest BCUT2D eigenvalue weighted by Gasteiger charge is 2.31. The van der Waals surface area contributed by atoms with Crippen molar-refractivity contribution in [2.24, 2.45) is 0 Å². The molecule has 1 heterocycles. The van der Waals surface area contributed by atoms with Crippen LogP contribution in [0.4, 0.5) is 4.39 Å². The number of hydrogen-bond acceptors (Lipinski definition) is 3. The van der Waals surface area contributed by atoms with E-state index in [0.29, 0.717) is 28.8 Å². The molecule has 0 spiro atoms. The van der Waals surface area contributed by atoms with Crippen LogP contribution in [0.1, 0.15) is 30.4 Å². The topological polar surface area (TPSA) is 59.6 Å². The summed E-state index contributed by atoms with van der Waals surface area (Å²) in [4.78, 5) is 0. The van der Waals surface area contributed by atoms with Crippen molar-refractivity contribution in [1.29, 1.82) is 10.5 Å². The van der Waals surface area contributed by atoms with Gasteiger partial charge in [-0.25, -0.2) is 4.39 Å². The minimum absolute atomic E-state index is 0.206. The van der Waals surface area contributed by atoms with Crippen LogP contribution in [0, 0.1) is 28.5 Å². The lowest BCUT2D eigenvalue weighted by atomic mass is 9.80. The van der Waals surface area contributed by atoms with Gasteiger partial charge in [0.1, 0.15) is 5.82 Å². The second kappa shape index (κ2) is 8.08. The predicted octanol–water partition coefficient (Wildman–Crippen LogP) is 5.37. The van der Waals surface area contributed by atoms with Crippen molar-refractivity contribution in [3.8, 4) is 12.1 Å². The van der Waals surface area contributed by atoms with Crippen LogP contribution >= 0.6 is 11.6 Å². The Morgan fingerprint density at radius 1 is 1.04 bits per heavy atom. The summed E-state index contributed by atoms with van der Waals surface area (Å²) in [6.07, 6.45) is 1.38. The number of aryl methyl sites for hydroxylation is 1. The second-order valence-corrected chi connectivity index (χ2v) is 6.77. The monoisotopic (exact) mass is 377 g/mol. The normalized spacial score (nSPS) is 16.6. The highest BCUT2D eigenvalue weighted by Crippen LogP contribution is 2.41. The van der Waals surface area contributed by atoms with E-state index in [2.05, 4.69) is 17.5 Å². The Labute approximate surface area is 163 Å². The maximum atomic E-state index is 13.5. The third-order valence-corrected chi connectivity index (χ3v) is 4.99. The quantitative estimate of drug-likeness (QED) is 0.778. The molecule has 1 atom stereocenters. The molecule has 2 aromatic carbocycles. The lowest BCUT2D eigenvalue weighted by Gasteiger charge is -2.28. The summed E-state index contributed by atoms with van der Waals surface area (Å²) >= 11 is 6.25. The fourth-order valence-corrected chi connectivity index (χ4v) is 3.61. The van der Waals surface area contributed by atoms with Crippen LogP contribution in [-0.4, -0.2) is 0 Å². The molecular formula is C22H17ClFN3. The molecule has 0 radical (unpaired) electrons. The Balaban J connectivity index is 2.04. The molecule has 3 rings (SSSR count). The van der Waals surface area contributed by atoms with E-state index in [4.69, 9.17) is 11.6 Å². The maximum Gasteiger partial charge on any atom is 0.124 e. The first-order valence-electron chi connectivity index (χ1n) is 8.55. The molecule has 0 aromatic heterocycles. The van der Waals surface area contributed by atoms with Gasteiger partial charge in [0.25, 0.3) is 0 Å². The van der Waals surface area contributed by atoms with Gasteiger partial charge in [-0.2, -0.15) is 10.5 Å². The number of allylic oxidation sites excluding steroid dienone is 4. The van der Waals surface area contributed by atoms with Gasteiger partial charge in [-0.05, 0) is 43.0 Å². The first-order valence-corrected chi connectivity index (χ1v) is 8.92. The fourth-order valence-electron chi connectivity index (χ4n) is 3.33. The summed E-state index contributed by atoms with van der Waals surface area (Å²) in [5.41, 5.74) is 4.04. The molecule has 1 N–H and O–H groups in total. The third-order valence-electron chi connectivity index (χ3n) is 4.67. The zero-order valence-corrected chi connectivity index (χ0v) is 15.5. The molecule has 2 aromatic rings. The molecule has 0 bridgehead atoms. The lowest BCUT2D eigenvalue weighted by Crippen LogP contribution is -2.25. The van der Waals surface area contributed by atoms with Crippen molar-refractivity contribution in [2.75, 3.05) is 0 Å². The number of nitrogens with zero attached hydrogens (tertiary/aromatic N) is 2. The minimum atomic E-state index is -0.597. The van der Waals surface area contributed by atoms with E-state index in [0.717, 1.165) is 17.7 Å². The minimum Gasteiger partial charge on any atom is -0.361 e. The molecule has 0 amide bonds. The molecule has 27 heavy (non-hydrogen) atoms. The van der Waals surface area contributed by atoms with Crippen molar-refractivity contribution in [3.05, 3.63) is 93.0 Å². The van der Waals surface area contributed by atoms with Crippen LogP contribution in [0.25, 0.3) is 0 Å². The van der Waals surface area contributed by atoms with E-state index >= 15 is 0 Å². The van der Waals surface area contributed by atoms with Gasteiger partial charge in [0, 0.05) is 16.4 Å². The van der Waals surface area contributed by atoms with E-state index in [9.17, 15) is 14.9 Å². The highest BCUT2D eigenvalue weighted by atomic mass is 35.5. The molecule has 3 nitrogen and oxygen atoms in total. The van der Waals surface area contributed by atoms with Crippen molar-refractivity contribution in [2.45, 2.75) is 25.7 Å². The van der Waals surface area contributed by atoms with Gasteiger partial charge in [-0.15, -0.1) is 0 Å². The van der Waals surface area contributed by atoms with Crippen molar-refractivity contribution in [1.82, 2.24) is 5.32 Å². The molecule has 134 valence electrons. The smallest absolute Gasteiger partial charge is 0.124 e. The molecule has 1 aliphatic heterocycles. The van der Waals surface area contributed by atoms with Crippen LogP contribution in [0.3, 0.4) is 0 Å². The second-order valence-electron chi connectivity index (χ2n) is 6.36. The van der Waals surface area contributed by atoms with E-state index < -0.39 is 11.7 Å². The fraction of sp³-hybridized carbons (Fsp3) is 0.182. The van der Waals surface area contributed by atoms with Crippen molar-refractivity contribution >= 4 is 11.6 Å². The Kier molecular flexibility index (Phi) is 5.60. The van der Waals surface area contributed by atoms with Crippen LogP contribution < -0.4 is 5.32 Å². The largest absolute Gasteiger partial charge is 0.361 e. The highest BCUT2D eigenvalue weighted by molar-refractivity contribution is 6.31. The van der Waals surface area contributed by atoms with Gasteiger partial charge >= 0.3 is 0 Å². The van der Waals surface area contributed by atoms with E-state index in [1.165, 1.54) is 12.1 Å². The summed E-state index contributed by atoms with van der Waals surface area (Å²) in [6.45, 7) is 1.81. The Bertz CT molecular complexity index is 1010. The molecular weight excluding hydrogens is 361 g/mol. The zero-order chi connectivity index (χ0) is 19.4. The summed E-state index contributed by atoms with van der Waals surface area (Å²) < 4.78 is 13.5. The van der Waals surface area contributed by atoms with Gasteiger partial charge in [-0.1, -0.05) is 48.0 Å². The number of nitriles is 2. The molecule has 1 unspecified atom stereocenters. The summed E-state index contributed by atoms with van der Waals surface area (Å²) in [5, 5.41) is 22.9. The maximum absolute atomic E-state index is 13.5. The Hall–Kier alpha value is -3.08.